The van der Waals surface area contributed by atoms with Crippen molar-refractivity contribution in [1.29, 1.82) is 0 Å². The molecule has 0 fully saturated rings. The largest absolute Gasteiger partial charge is 0.210 e. The van der Waals surface area contributed by atoms with Crippen LogP contribution in [0, 0.1) is 0 Å². The summed E-state index contributed by atoms with van der Waals surface area (Å²) >= 11 is 0. The number of nitrogens with zero attached hydrogens (tertiary/aromatic N) is 1. The summed E-state index contributed by atoms with van der Waals surface area (Å²) in [6, 6.07) is 0.389. The van der Waals surface area contributed by atoms with E-state index in [4.69, 9.17) is 5.84 Å². The molecule has 0 spiro atoms. The summed E-state index contributed by atoms with van der Waals surface area (Å²) in [6.07, 6.45) is 5.84. The number of allylic oxidation sites excluding steroid dienone is 1. The maximum absolute atomic E-state index is 5.39. The van der Waals surface area contributed by atoms with Gasteiger partial charge in [0.1, 0.15) is 0 Å². The Hall–Kier alpha value is -0.790. The lowest BCUT2D eigenvalue weighted by molar-refractivity contribution is -0.554. The van der Waals surface area contributed by atoms with Gasteiger partial charge in [-0.25, -0.2) is 5.84 Å². The van der Waals surface area contributed by atoms with Crippen LogP contribution in [-0.4, -0.2) is 16.9 Å². The summed E-state index contributed by atoms with van der Waals surface area (Å²) < 4.78 is 1.67. The predicted molar refractivity (Wildman–Crippen MR) is 29.1 cm³/mol. The molecule has 7 heavy (non-hydrogen) atoms. The van der Waals surface area contributed by atoms with Gasteiger partial charge in [0.15, 0.2) is 12.3 Å². The van der Waals surface area contributed by atoms with Gasteiger partial charge in [0.25, 0.3) is 0 Å². The molecule has 1 aliphatic heterocycles. The first kappa shape index (κ1) is 4.37. The fraction of sp³-hybridized carbons (Fsp3) is 0.400. The Morgan fingerprint density at radius 1 is 1.71 bits per heavy atom. The molecule has 0 aliphatic carbocycles. The fourth-order valence-electron chi connectivity index (χ4n) is 0.545. The molecule has 2 N–H and O–H groups in total. The van der Waals surface area contributed by atoms with Gasteiger partial charge >= 0.3 is 0 Å². The molecule has 1 rings (SSSR count). The third-order valence-corrected chi connectivity index (χ3v) is 1.12. The van der Waals surface area contributed by atoms with Crippen molar-refractivity contribution in [2.75, 3.05) is 0 Å². The maximum Gasteiger partial charge on any atom is 0.197 e. The van der Waals surface area contributed by atoms with E-state index in [0.29, 0.717) is 6.04 Å². The van der Waals surface area contributed by atoms with Crippen LogP contribution in [0.1, 0.15) is 6.92 Å². The van der Waals surface area contributed by atoms with E-state index >= 15 is 0 Å². The second-order valence-electron chi connectivity index (χ2n) is 1.72. The molecular formula is C5H9N2+. The second-order valence-corrected chi connectivity index (χ2v) is 1.72. The smallest absolute Gasteiger partial charge is 0.197 e. The Morgan fingerprint density at radius 2 is 2.43 bits per heavy atom. The van der Waals surface area contributed by atoms with Crippen molar-refractivity contribution in [2.24, 2.45) is 5.84 Å². The molecule has 2 heteroatoms. The number of nitrogens with two attached hydrogens (primary N) is 1. The highest BCUT2D eigenvalue weighted by molar-refractivity contribution is 5.67. The van der Waals surface area contributed by atoms with Crippen molar-refractivity contribution in [3.8, 4) is 0 Å². The minimum Gasteiger partial charge on any atom is -0.210 e. The van der Waals surface area contributed by atoms with Gasteiger partial charge in [0.05, 0.1) is 0 Å². The summed E-state index contributed by atoms with van der Waals surface area (Å²) in [5.41, 5.74) is 0. The van der Waals surface area contributed by atoms with Crippen LogP contribution in [0.3, 0.4) is 0 Å². The van der Waals surface area contributed by atoms with Gasteiger partial charge in [-0.05, 0) is 6.08 Å². The number of rotatable bonds is 0. The van der Waals surface area contributed by atoms with Crippen molar-refractivity contribution < 1.29 is 4.68 Å². The van der Waals surface area contributed by atoms with Crippen molar-refractivity contribution in [3.63, 3.8) is 0 Å². The molecule has 0 aromatic heterocycles. The normalized spacial score (nSPS) is 28.1. The standard InChI is InChI=1S/C5H9N2/c1-5-3-2-4-7(5)6/h2-5H,6H2,1H3/q+1/t5-/m0/s1. The van der Waals surface area contributed by atoms with E-state index in [1.165, 1.54) is 0 Å². The lowest BCUT2D eigenvalue weighted by Crippen LogP contribution is -2.25. The zero-order valence-electron chi connectivity index (χ0n) is 4.33. The average molecular weight is 97.1 g/mol. The van der Waals surface area contributed by atoms with Crippen LogP contribution < -0.4 is 5.84 Å². The highest BCUT2D eigenvalue weighted by Crippen LogP contribution is 1.91. The molecular weight excluding hydrogens is 88.1 g/mol. The molecule has 0 saturated carbocycles. The first-order valence-corrected chi connectivity index (χ1v) is 2.35. The molecule has 1 atom stereocenters. The van der Waals surface area contributed by atoms with Crippen LogP contribution in [0.15, 0.2) is 12.2 Å². The average Bonchev–Trinajstić information content (AvgIpc) is 1.91. The zero-order valence-corrected chi connectivity index (χ0v) is 4.33. The summed E-state index contributed by atoms with van der Waals surface area (Å²) in [7, 11) is 0. The Labute approximate surface area is 42.9 Å². The molecule has 0 radical (unpaired) electrons. The fourth-order valence-corrected chi connectivity index (χ4v) is 0.545. The highest BCUT2D eigenvalue weighted by atomic mass is 15.3. The summed E-state index contributed by atoms with van der Waals surface area (Å²) in [4.78, 5) is 0. The number of hydrogen-bond donors (Lipinski definition) is 1. The van der Waals surface area contributed by atoms with Gasteiger partial charge in [-0.2, -0.15) is 0 Å². The molecule has 38 valence electrons. The second kappa shape index (κ2) is 1.37. The van der Waals surface area contributed by atoms with Crippen molar-refractivity contribution in [2.45, 2.75) is 13.0 Å². The minimum absolute atomic E-state index is 0.389. The summed E-state index contributed by atoms with van der Waals surface area (Å²) in [5.74, 6) is 5.39. The van der Waals surface area contributed by atoms with E-state index in [1.807, 2.05) is 25.3 Å². The van der Waals surface area contributed by atoms with E-state index < -0.39 is 0 Å². The van der Waals surface area contributed by atoms with Crippen molar-refractivity contribution in [3.05, 3.63) is 12.2 Å². The predicted octanol–water partition coefficient (Wildman–Crippen LogP) is -0.0983. The molecule has 1 aliphatic rings. The zero-order chi connectivity index (χ0) is 5.28. The van der Waals surface area contributed by atoms with Crippen LogP contribution >= 0.6 is 0 Å². The Balaban J connectivity index is 2.69. The quantitative estimate of drug-likeness (QED) is 0.332. The number of hydrazone groups is 1. The van der Waals surface area contributed by atoms with E-state index in [9.17, 15) is 0 Å². The van der Waals surface area contributed by atoms with E-state index in [0.717, 1.165) is 0 Å². The lowest BCUT2D eigenvalue weighted by atomic mass is 10.4. The molecule has 0 amide bonds. The molecule has 0 unspecified atom stereocenters. The van der Waals surface area contributed by atoms with Crippen LogP contribution in [0.2, 0.25) is 0 Å². The van der Waals surface area contributed by atoms with E-state index in [1.54, 1.807) is 4.68 Å². The maximum atomic E-state index is 5.39. The van der Waals surface area contributed by atoms with E-state index in [-0.39, 0.29) is 0 Å². The third-order valence-electron chi connectivity index (χ3n) is 1.12. The topological polar surface area (TPSA) is 29.0 Å². The molecule has 0 aromatic rings. The number of hydrazine groups is 1. The van der Waals surface area contributed by atoms with Gasteiger partial charge in [-0.15, -0.1) is 4.68 Å². The van der Waals surface area contributed by atoms with Crippen molar-refractivity contribution >= 4 is 6.21 Å². The first-order chi connectivity index (χ1) is 3.30. The van der Waals surface area contributed by atoms with E-state index in [2.05, 4.69) is 0 Å². The Kier molecular flexibility index (Phi) is 0.855. The highest BCUT2D eigenvalue weighted by Gasteiger charge is 2.09. The summed E-state index contributed by atoms with van der Waals surface area (Å²) in [6.45, 7) is 2.04. The first-order valence-electron chi connectivity index (χ1n) is 2.35. The van der Waals surface area contributed by atoms with Gasteiger partial charge in [0, 0.05) is 13.0 Å². The van der Waals surface area contributed by atoms with Gasteiger partial charge in [0.2, 0.25) is 0 Å². The van der Waals surface area contributed by atoms with Gasteiger partial charge in [-0.3, -0.25) is 0 Å². The molecule has 1 heterocycles. The monoisotopic (exact) mass is 97.1 g/mol. The molecule has 0 bridgehead atoms. The Morgan fingerprint density at radius 3 is 2.57 bits per heavy atom. The van der Waals surface area contributed by atoms with Crippen LogP contribution in [0.5, 0.6) is 0 Å². The van der Waals surface area contributed by atoms with Crippen LogP contribution in [0.25, 0.3) is 0 Å². The number of hydrogen-bond acceptors (Lipinski definition) is 1. The third kappa shape index (κ3) is 0.633. The molecule has 0 aromatic carbocycles. The SMILES string of the molecule is C[C@H]1C=CC=[N+]1N. The molecule has 0 saturated heterocycles. The summed E-state index contributed by atoms with van der Waals surface area (Å²) in [5, 5.41) is 0. The van der Waals surface area contributed by atoms with Crippen LogP contribution in [0.4, 0.5) is 0 Å². The van der Waals surface area contributed by atoms with Gasteiger partial charge in [-0.1, -0.05) is 0 Å². The lowest BCUT2D eigenvalue weighted by Gasteiger charge is -1.90. The van der Waals surface area contributed by atoms with Crippen LogP contribution in [-0.2, 0) is 0 Å². The minimum atomic E-state index is 0.389. The molecule has 2 nitrogen and oxygen atoms in total. The van der Waals surface area contributed by atoms with Crippen molar-refractivity contribution in [1.82, 2.24) is 0 Å². The van der Waals surface area contributed by atoms with Gasteiger partial charge < -0.3 is 0 Å². The Bertz CT molecular complexity index is 124.